The van der Waals surface area contributed by atoms with Gasteiger partial charge in [-0.2, -0.15) is 5.26 Å². The molecule has 128 valence electrons. The Bertz CT molecular complexity index is 725. The Hall–Kier alpha value is -2.13. The number of hydrogen-bond acceptors (Lipinski definition) is 4. The van der Waals surface area contributed by atoms with Crippen LogP contribution in [0.3, 0.4) is 0 Å². The highest BCUT2D eigenvalue weighted by atomic mass is 32.1. The number of aliphatic carboxylic acids is 1. The Balaban J connectivity index is 2.24. The third kappa shape index (κ3) is 3.85. The molecule has 24 heavy (non-hydrogen) atoms. The molecule has 1 aliphatic carbocycles. The molecular formula is C18H22N2O3S. The van der Waals surface area contributed by atoms with Crippen molar-refractivity contribution in [2.45, 2.75) is 46.5 Å². The van der Waals surface area contributed by atoms with Crippen LogP contribution in [-0.4, -0.2) is 17.0 Å². The highest BCUT2D eigenvalue weighted by Gasteiger charge is 2.33. The van der Waals surface area contributed by atoms with Crippen molar-refractivity contribution in [1.82, 2.24) is 0 Å². The maximum atomic E-state index is 11.8. The van der Waals surface area contributed by atoms with Gasteiger partial charge in [-0.05, 0) is 36.2 Å². The number of carbonyl (C=O) groups is 2. The van der Waals surface area contributed by atoms with E-state index < -0.39 is 11.9 Å². The minimum Gasteiger partial charge on any atom is -0.478 e. The number of carboxylic acid groups (broad SMARTS) is 1. The maximum absolute atomic E-state index is 11.8. The molecule has 2 rings (SSSR count). The molecule has 1 aromatic rings. The lowest BCUT2D eigenvalue weighted by Gasteiger charge is -2.36. The number of hydrogen-bond donors (Lipinski definition) is 2. The SMILES string of the molecule is CCC(C)(C)[C@@H]1CCc2c(sc(NC(=O)/C=C/C(=O)O)c2C#N)C1. The lowest BCUT2D eigenvalue weighted by atomic mass is 9.69. The number of carboxylic acids is 1. The Morgan fingerprint density at radius 3 is 2.75 bits per heavy atom. The van der Waals surface area contributed by atoms with Crippen LogP contribution in [0.2, 0.25) is 0 Å². The number of carbonyl (C=O) groups excluding carboxylic acids is 1. The van der Waals surface area contributed by atoms with E-state index in [9.17, 15) is 14.9 Å². The van der Waals surface area contributed by atoms with E-state index >= 15 is 0 Å². The lowest BCUT2D eigenvalue weighted by molar-refractivity contribution is -0.131. The first kappa shape index (κ1) is 18.2. The molecule has 0 unspecified atom stereocenters. The molecule has 5 nitrogen and oxygen atoms in total. The molecule has 0 saturated carbocycles. The molecule has 2 N–H and O–H groups in total. The van der Waals surface area contributed by atoms with Crippen LogP contribution >= 0.6 is 11.3 Å². The summed E-state index contributed by atoms with van der Waals surface area (Å²) in [5.74, 6) is -1.14. The third-order valence-corrected chi connectivity index (χ3v) is 6.18. The predicted molar refractivity (Wildman–Crippen MR) is 94.0 cm³/mol. The van der Waals surface area contributed by atoms with E-state index in [-0.39, 0.29) is 5.41 Å². The summed E-state index contributed by atoms with van der Waals surface area (Å²) >= 11 is 1.44. The minimum absolute atomic E-state index is 0.252. The van der Waals surface area contributed by atoms with Gasteiger partial charge in [-0.15, -0.1) is 11.3 Å². The second-order valence-corrected chi connectivity index (χ2v) is 7.87. The minimum atomic E-state index is -1.18. The molecule has 0 aromatic carbocycles. The number of nitrogens with zero attached hydrogens (tertiary/aromatic N) is 1. The van der Waals surface area contributed by atoms with Gasteiger partial charge in [0.25, 0.3) is 0 Å². The predicted octanol–water partition coefficient (Wildman–Crippen LogP) is 3.74. The van der Waals surface area contributed by atoms with Gasteiger partial charge in [0.05, 0.1) is 5.56 Å². The van der Waals surface area contributed by atoms with Crippen molar-refractivity contribution in [3.63, 3.8) is 0 Å². The number of thiophene rings is 1. The van der Waals surface area contributed by atoms with Crippen molar-refractivity contribution in [2.24, 2.45) is 11.3 Å². The van der Waals surface area contributed by atoms with Crippen molar-refractivity contribution < 1.29 is 14.7 Å². The van der Waals surface area contributed by atoms with Crippen LogP contribution in [0.25, 0.3) is 0 Å². The molecular weight excluding hydrogens is 324 g/mol. The fourth-order valence-electron chi connectivity index (χ4n) is 3.05. The average Bonchev–Trinajstić information content (AvgIpc) is 2.88. The second-order valence-electron chi connectivity index (χ2n) is 6.76. The summed E-state index contributed by atoms with van der Waals surface area (Å²) < 4.78 is 0. The van der Waals surface area contributed by atoms with E-state index in [1.807, 2.05) is 0 Å². The quantitative estimate of drug-likeness (QED) is 0.795. The van der Waals surface area contributed by atoms with Gasteiger partial charge in [0.1, 0.15) is 11.1 Å². The van der Waals surface area contributed by atoms with Gasteiger partial charge in [-0.25, -0.2) is 4.79 Å². The van der Waals surface area contributed by atoms with Gasteiger partial charge in [0.2, 0.25) is 5.91 Å². The smallest absolute Gasteiger partial charge is 0.328 e. The third-order valence-electron chi connectivity index (χ3n) is 5.01. The summed E-state index contributed by atoms with van der Waals surface area (Å²) in [6.45, 7) is 6.76. The zero-order chi connectivity index (χ0) is 17.9. The van der Waals surface area contributed by atoms with E-state index in [0.717, 1.165) is 43.4 Å². The standard InChI is InChI=1S/C18H22N2O3S/c1-4-18(2,3)11-5-6-12-13(10-19)17(24-14(12)9-11)20-15(21)7-8-16(22)23/h7-8,11H,4-6,9H2,1-3H3,(H,20,21)(H,22,23)/b8-7+/t11-/m1/s1. The van der Waals surface area contributed by atoms with E-state index in [0.29, 0.717) is 16.5 Å². The Morgan fingerprint density at radius 2 is 2.17 bits per heavy atom. The highest BCUT2D eigenvalue weighted by molar-refractivity contribution is 7.16. The number of fused-ring (bicyclic) bond motifs is 1. The van der Waals surface area contributed by atoms with Gasteiger partial charge < -0.3 is 10.4 Å². The van der Waals surface area contributed by atoms with Gasteiger partial charge in [-0.1, -0.05) is 27.2 Å². The Labute approximate surface area is 146 Å². The largest absolute Gasteiger partial charge is 0.478 e. The number of rotatable bonds is 5. The van der Waals surface area contributed by atoms with Crippen LogP contribution in [0.1, 0.15) is 49.6 Å². The van der Waals surface area contributed by atoms with Crippen LogP contribution in [0, 0.1) is 22.7 Å². The first-order valence-electron chi connectivity index (χ1n) is 8.05. The fraction of sp³-hybridized carbons (Fsp3) is 0.500. The second kappa shape index (κ2) is 7.18. The Morgan fingerprint density at radius 1 is 1.46 bits per heavy atom. The average molecular weight is 346 g/mol. The van der Waals surface area contributed by atoms with Crippen LogP contribution < -0.4 is 5.32 Å². The zero-order valence-corrected chi connectivity index (χ0v) is 15.0. The van der Waals surface area contributed by atoms with Crippen molar-refractivity contribution in [3.05, 3.63) is 28.2 Å². The van der Waals surface area contributed by atoms with Gasteiger partial charge in [-0.3, -0.25) is 4.79 Å². The van der Waals surface area contributed by atoms with Gasteiger partial charge in [0.15, 0.2) is 0 Å². The van der Waals surface area contributed by atoms with E-state index in [1.165, 1.54) is 16.2 Å². The first-order valence-corrected chi connectivity index (χ1v) is 8.86. The molecule has 0 bridgehead atoms. The summed E-state index contributed by atoms with van der Waals surface area (Å²) in [6.07, 6.45) is 5.68. The number of anilines is 1. The summed E-state index contributed by atoms with van der Waals surface area (Å²) in [7, 11) is 0. The summed E-state index contributed by atoms with van der Waals surface area (Å²) in [5.41, 5.74) is 1.82. The maximum Gasteiger partial charge on any atom is 0.328 e. The lowest BCUT2D eigenvalue weighted by Crippen LogP contribution is -2.28. The van der Waals surface area contributed by atoms with Crippen molar-refractivity contribution in [1.29, 1.82) is 5.26 Å². The topological polar surface area (TPSA) is 90.2 Å². The molecule has 0 aliphatic heterocycles. The molecule has 1 heterocycles. The molecule has 6 heteroatoms. The van der Waals surface area contributed by atoms with Crippen molar-refractivity contribution in [2.75, 3.05) is 5.32 Å². The van der Waals surface area contributed by atoms with Crippen LogP contribution in [-0.2, 0) is 22.4 Å². The molecule has 0 saturated heterocycles. The Kier molecular flexibility index (Phi) is 5.45. The van der Waals surface area contributed by atoms with Crippen molar-refractivity contribution in [3.8, 4) is 6.07 Å². The van der Waals surface area contributed by atoms with Gasteiger partial charge in [0, 0.05) is 17.0 Å². The van der Waals surface area contributed by atoms with Crippen LogP contribution in [0.4, 0.5) is 5.00 Å². The monoisotopic (exact) mass is 346 g/mol. The number of nitrogens with one attached hydrogen (secondary N) is 1. The van der Waals surface area contributed by atoms with Crippen LogP contribution in [0.5, 0.6) is 0 Å². The molecule has 1 aromatic heterocycles. The molecule has 1 atom stereocenters. The number of nitriles is 1. The van der Waals surface area contributed by atoms with E-state index in [1.54, 1.807) is 0 Å². The molecule has 0 fully saturated rings. The molecule has 0 spiro atoms. The zero-order valence-electron chi connectivity index (χ0n) is 14.2. The highest BCUT2D eigenvalue weighted by Crippen LogP contribution is 2.45. The fourth-order valence-corrected chi connectivity index (χ4v) is 4.33. The van der Waals surface area contributed by atoms with E-state index in [2.05, 4.69) is 32.2 Å². The molecule has 1 amide bonds. The summed E-state index contributed by atoms with van der Waals surface area (Å²) in [4.78, 5) is 23.5. The van der Waals surface area contributed by atoms with Gasteiger partial charge >= 0.3 is 5.97 Å². The molecule has 0 radical (unpaired) electrons. The van der Waals surface area contributed by atoms with E-state index in [4.69, 9.17) is 5.11 Å². The van der Waals surface area contributed by atoms with Crippen molar-refractivity contribution >= 4 is 28.2 Å². The van der Waals surface area contributed by atoms with Crippen LogP contribution in [0.15, 0.2) is 12.2 Å². The normalized spacial score (nSPS) is 17.3. The summed E-state index contributed by atoms with van der Waals surface area (Å²) in [5, 5.41) is 21.2. The number of amides is 1. The molecule has 1 aliphatic rings. The summed E-state index contributed by atoms with van der Waals surface area (Å²) in [6, 6.07) is 2.20. The first-order chi connectivity index (χ1) is 11.3.